The fourth-order valence-corrected chi connectivity index (χ4v) is 4.73. The molecule has 0 atom stereocenters. The molecule has 4 aromatic rings. The maximum atomic E-state index is 13.0. The monoisotopic (exact) mass is 568 g/mol. The standard InChI is InChI=1S/C26H18F6N2O4S/c27-25(28,29)15-9-17(33)13-21(11-15)37-19-1-5-23(6-2-19)39(35,36)24-7-3-20(4-8-24)38-22-12-16(26(30,31)32)10-18(34)14-22/h1-14H,33-34H2. The Morgan fingerprint density at radius 1 is 0.513 bits per heavy atom. The van der Waals surface area contributed by atoms with E-state index in [1.54, 1.807) is 0 Å². The van der Waals surface area contributed by atoms with Gasteiger partial charge in [0.05, 0.1) is 20.9 Å². The molecule has 0 spiro atoms. The van der Waals surface area contributed by atoms with E-state index in [0.29, 0.717) is 0 Å². The van der Waals surface area contributed by atoms with Crippen molar-refractivity contribution in [3.63, 3.8) is 0 Å². The number of nitrogen functional groups attached to an aromatic ring is 2. The summed E-state index contributed by atoms with van der Waals surface area (Å²) < 4.78 is 115. The van der Waals surface area contributed by atoms with Crippen LogP contribution in [0.4, 0.5) is 37.7 Å². The second-order valence-electron chi connectivity index (χ2n) is 8.23. The van der Waals surface area contributed by atoms with E-state index in [-0.39, 0.29) is 44.2 Å². The van der Waals surface area contributed by atoms with Crippen molar-refractivity contribution in [2.45, 2.75) is 22.1 Å². The number of halogens is 6. The first-order chi connectivity index (χ1) is 18.1. The highest BCUT2D eigenvalue weighted by Crippen LogP contribution is 2.36. The Bertz CT molecular complexity index is 1490. The lowest BCUT2D eigenvalue weighted by molar-refractivity contribution is -0.138. The van der Waals surface area contributed by atoms with E-state index in [1.807, 2.05) is 0 Å². The van der Waals surface area contributed by atoms with E-state index in [1.165, 1.54) is 60.7 Å². The average molecular weight is 568 g/mol. The normalized spacial score (nSPS) is 12.3. The Hall–Kier alpha value is -4.39. The average Bonchev–Trinajstić information content (AvgIpc) is 2.83. The van der Waals surface area contributed by atoms with Gasteiger partial charge in [-0.3, -0.25) is 0 Å². The van der Waals surface area contributed by atoms with Crippen molar-refractivity contribution >= 4 is 21.2 Å². The van der Waals surface area contributed by atoms with E-state index >= 15 is 0 Å². The minimum absolute atomic E-state index is 0.0665. The molecule has 0 unspecified atom stereocenters. The summed E-state index contributed by atoms with van der Waals surface area (Å²) in [7, 11) is -4.03. The summed E-state index contributed by atoms with van der Waals surface area (Å²) in [5.74, 6) is -0.235. The zero-order chi connectivity index (χ0) is 28.6. The third kappa shape index (κ3) is 6.55. The van der Waals surface area contributed by atoms with Gasteiger partial charge >= 0.3 is 12.4 Å². The zero-order valence-corrected chi connectivity index (χ0v) is 20.4. The molecule has 39 heavy (non-hydrogen) atoms. The maximum Gasteiger partial charge on any atom is 0.416 e. The lowest BCUT2D eigenvalue weighted by Gasteiger charge is -2.12. The van der Waals surface area contributed by atoms with Crippen molar-refractivity contribution in [1.82, 2.24) is 0 Å². The Morgan fingerprint density at radius 3 is 1.15 bits per heavy atom. The smallest absolute Gasteiger partial charge is 0.416 e. The molecule has 0 aliphatic rings. The number of hydrogen-bond acceptors (Lipinski definition) is 6. The molecule has 4 aromatic carbocycles. The van der Waals surface area contributed by atoms with Crippen molar-refractivity contribution in [1.29, 1.82) is 0 Å². The van der Waals surface area contributed by atoms with Crippen molar-refractivity contribution in [3.05, 3.63) is 96.1 Å². The molecule has 4 N–H and O–H groups in total. The van der Waals surface area contributed by atoms with Crippen molar-refractivity contribution < 1.29 is 44.2 Å². The SMILES string of the molecule is Nc1cc(Oc2ccc(S(=O)(=O)c3ccc(Oc4cc(N)cc(C(F)(F)F)c4)cc3)cc2)cc(C(F)(F)F)c1. The second-order valence-corrected chi connectivity index (χ2v) is 10.2. The van der Waals surface area contributed by atoms with Crippen molar-refractivity contribution in [3.8, 4) is 23.0 Å². The van der Waals surface area contributed by atoms with Crippen LogP contribution in [-0.4, -0.2) is 8.42 Å². The molecule has 4 rings (SSSR count). The highest BCUT2D eigenvalue weighted by Gasteiger charge is 2.32. The van der Waals surface area contributed by atoms with E-state index in [9.17, 15) is 34.8 Å². The molecule has 0 aliphatic carbocycles. The third-order valence-corrected chi connectivity index (χ3v) is 7.04. The molecule has 0 heterocycles. The van der Waals surface area contributed by atoms with Gasteiger partial charge in [0.1, 0.15) is 23.0 Å². The quantitative estimate of drug-likeness (QED) is 0.187. The van der Waals surface area contributed by atoms with E-state index in [4.69, 9.17) is 20.9 Å². The minimum Gasteiger partial charge on any atom is -0.457 e. The van der Waals surface area contributed by atoms with Gasteiger partial charge in [-0.05, 0) is 72.8 Å². The first kappa shape index (κ1) is 27.6. The van der Waals surface area contributed by atoms with Crippen LogP contribution in [0.1, 0.15) is 11.1 Å². The first-order valence-corrected chi connectivity index (χ1v) is 12.4. The molecular formula is C26H18F6N2O4S. The molecule has 6 nitrogen and oxygen atoms in total. The van der Waals surface area contributed by atoms with Crippen molar-refractivity contribution in [2.24, 2.45) is 0 Å². The first-order valence-electron chi connectivity index (χ1n) is 10.9. The Labute approximate surface area is 218 Å². The molecule has 0 amide bonds. The highest BCUT2D eigenvalue weighted by atomic mass is 32.2. The van der Waals surface area contributed by atoms with Crippen LogP contribution in [0.25, 0.3) is 0 Å². The number of nitrogens with two attached hydrogens (primary N) is 2. The molecule has 204 valence electrons. The largest absolute Gasteiger partial charge is 0.457 e. The van der Waals surface area contributed by atoms with E-state index < -0.39 is 33.3 Å². The summed E-state index contributed by atoms with van der Waals surface area (Å²) >= 11 is 0. The molecule has 0 fully saturated rings. The molecule has 0 aliphatic heterocycles. The summed E-state index contributed by atoms with van der Waals surface area (Å²) in [5.41, 5.74) is 8.71. The number of ether oxygens (including phenoxy) is 2. The number of hydrogen-bond donors (Lipinski definition) is 2. The van der Waals surface area contributed by atoms with Crippen LogP contribution in [-0.2, 0) is 22.2 Å². The van der Waals surface area contributed by atoms with Crippen LogP contribution < -0.4 is 20.9 Å². The molecule has 0 saturated carbocycles. The Kier molecular flexibility index (Phi) is 7.13. The fourth-order valence-electron chi connectivity index (χ4n) is 3.47. The molecule has 0 radical (unpaired) electrons. The molecule has 0 aromatic heterocycles. The van der Waals surface area contributed by atoms with E-state index in [2.05, 4.69) is 0 Å². The zero-order valence-electron chi connectivity index (χ0n) is 19.5. The summed E-state index contributed by atoms with van der Waals surface area (Å²) in [5, 5.41) is 0. The van der Waals surface area contributed by atoms with Crippen LogP contribution in [0.15, 0.2) is 94.7 Å². The highest BCUT2D eigenvalue weighted by molar-refractivity contribution is 7.91. The summed E-state index contributed by atoms with van der Waals surface area (Å²) in [4.78, 5) is -0.282. The Morgan fingerprint density at radius 2 is 0.846 bits per heavy atom. The van der Waals surface area contributed by atoms with Crippen molar-refractivity contribution in [2.75, 3.05) is 11.5 Å². The number of rotatable bonds is 6. The molecule has 13 heteroatoms. The summed E-state index contributed by atoms with van der Waals surface area (Å²) in [6.45, 7) is 0. The van der Waals surface area contributed by atoms with Gasteiger partial charge in [0.25, 0.3) is 0 Å². The topological polar surface area (TPSA) is 105 Å². The molecule has 0 bridgehead atoms. The van der Waals surface area contributed by atoms with Gasteiger partial charge in [-0.15, -0.1) is 0 Å². The lowest BCUT2D eigenvalue weighted by Crippen LogP contribution is -2.06. The third-order valence-electron chi connectivity index (χ3n) is 5.25. The van der Waals surface area contributed by atoms with Crippen LogP contribution in [0, 0.1) is 0 Å². The van der Waals surface area contributed by atoms with E-state index in [0.717, 1.165) is 24.3 Å². The van der Waals surface area contributed by atoms with Gasteiger partial charge in [-0.1, -0.05) is 0 Å². The van der Waals surface area contributed by atoms with Gasteiger partial charge in [0, 0.05) is 23.5 Å². The van der Waals surface area contributed by atoms with Gasteiger partial charge in [0.15, 0.2) is 0 Å². The number of sulfone groups is 1. The number of alkyl halides is 6. The van der Waals surface area contributed by atoms with Gasteiger partial charge in [-0.25, -0.2) is 8.42 Å². The van der Waals surface area contributed by atoms with Gasteiger partial charge in [-0.2, -0.15) is 26.3 Å². The van der Waals surface area contributed by atoms with Gasteiger partial charge < -0.3 is 20.9 Å². The lowest BCUT2D eigenvalue weighted by atomic mass is 10.2. The predicted molar refractivity (Wildman–Crippen MR) is 130 cm³/mol. The molecule has 0 saturated heterocycles. The minimum atomic E-state index is -4.63. The Balaban J connectivity index is 1.50. The van der Waals surface area contributed by atoms with Crippen LogP contribution in [0.3, 0.4) is 0 Å². The number of anilines is 2. The van der Waals surface area contributed by atoms with Crippen LogP contribution in [0.5, 0.6) is 23.0 Å². The van der Waals surface area contributed by atoms with Crippen LogP contribution in [0.2, 0.25) is 0 Å². The second kappa shape index (κ2) is 10.1. The fraction of sp³-hybridized carbons (Fsp3) is 0.0769. The predicted octanol–water partition coefficient (Wildman–Crippen LogP) is 7.31. The summed E-state index contributed by atoms with van der Waals surface area (Å²) in [6.07, 6.45) is -9.26. The van der Waals surface area contributed by atoms with Crippen LogP contribution >= 0.6 is 0 Å². The number of benzene rings is 4. The molecular weight excluding hydrogens is 550 g/mol. The maximum absolute atomic E-state index is 13.0. The summed E-state index contributed by atoms with van der Waals surface area (Å²) in [6, 6.07) is 15.3. The van der Waals surface area contributed by atoms with Gasteiger partial charge in [0.2, 0.25) is 9.84 Å².